The molecule has 1 aliphatic rings. The summed E-state index contributed by atoms with van der Waals surface area (Å²) in [5.41, 5.74) is 3.70. The van der Waals surface area contributed by atoms with Crippen molar-refractivity contribution in [1.29, 1.82) is 0 Å². The number of anilines is 1. The Hall–Kier alpha value is -2.67. The molecule has 0 fully saturated rings. The third-order valence-corrected chi connectivity index (χ3v) is 7.22. The molecule has 0 unspecified atom stereocenters. The summed E-state index contributed by atoms with van der Waals surface area (Å²) >= 11 is 7.77. The van der Waals surface area contributed by atoms with E-state index in [1.165, 1.54) is 11.3 Å². The Bertz CT molecular complexity index is 1190. The molecule has 2 heterocycles. The Labute approximate surface area is 203 Å². The lowest BCUT2D eigenvalue weighted by molar-refractivity contribution is -0.118. The highest BCUT2D eigenvalue weighted by atomic mass is 35.5. The lowest BCUT2D eigenvalue weighted by atomic mass is 10.0. The lowest BCUT2D eigenvalue weighted by Gasteiger charge is -2.17. The van der Waals surface area contributed by atoms with Crippen LogP contribution in [-0.4, -0.2) is 50.9 Å². The lowest BCUT2D eigenvalue weighted by Crippen LogP contribution is -2.25. The molecule has 172 valence electrons. The summed E-state index contributed by atoms with van der Waals surface area (Å²) in [4.78, 5) is 30.8. The number of Topliss-reactive ketones (excluding diaryl/α,β-unsaturated/α-hetero) is 1. The molecule has 0 radical (unpaired) electrons. The Morgan fingerprint density at radius 3 is 2.64 bits per heavy atom. The third kappa shape index (κ3) is 5.29. The number of amides is 1. The van der Waals surface area contributed by atoms with Crippen LogP contribution < -0.4 is 9.64 Å². The van der Waals surface area contributed by atoms with E-state index < -0.39 is 0 Å². The van der Waals surface area contributed by atoms with Crippen molar-refractivity contribution in [1.82, 2.24) is 4.90 Å². The van der Waals surface area contributed by atoms with Crippen molar-refractivity contribution >= 4 is 40.3 Å². The molecule has 3 aromatic rings. The average Bonchev–Trinajstić information content (AvgIpc) is 3.13. The zero-order valence-corrected chi connectivity index (χ0v) is 20.6. The van der Waals surface area contributed by atoms with Gasteiger partial charge in [0.2, 0.25) is 0 Å². The largest absolute Gasteiger partial charge is 0.493 e. The zero-order chi connectivity index (χ0) is 23.5. The van der Waals surface area contributed by atoms with Crippen molar-refractivity contribution in [2.75, 3.05) is 39.2 Å². The number of ketones is 1. The van der Waals surface area contributed by atoms with Crippen LogP contribution in [0.15, 0.2) is 48.5 Å². The molecule has 0 saturated carbocycles. The molecular formula is C26H27ClN2O3S. The van der Waals surface area contributed by atoms with E-state index in [1.807, 2.05) is 61.5 Å². The first-order valence-corrected chi connectivity index (χ1v) is 12.1. The summed E-state index contributed by atoms with van der Waals surface area (Å²) in [6, 6.07) is 15.3. The van der Waals surface area contributed by atoms with Crippen molar-refractivity contribution < 1.29 is 14.3 Å². The van der Waals surface area contributed by atoms with Crippen LogP contribution in [0.4, 0.5) is 5.69 Å². The molecule has 1 aromatic heterocycles. The summed E-state index contributed by atoms with van der Waals surface area (Å²) in [6.45, 7) is 1.28. The Balaban J connectivity index is 1.58. The molecule has 0 spiro atoms. The van der Waals surface area contributed by atoms with Crippen molar-refractivity contribution in [3.05, 3.63) is 69.6 Å². The van der Waals surface area contributed by atoms with Crippen LogP contribution in [0.25, 0.3) is 10.4 Å². The van der Waals surface area contributed by atoms with E-state index >= 15 is 0 Å². The number of nitrogens with zero attached hydrogens (tertiary/aromatic N) is 2. The van der Waals surface area contributed by atoms with Crippen LogP contribution in [0.5, 0.6) is 5.75 Å². The van der Waals surface area contributed by atoms with Crippen LogP contribution in [0.2, 0.25) is 5.02 Å². The Morgan fingerprint density at radius 1 is 1.09 bits per heavy atom. The average molecular weight is 483 g/mol. The van der Waals surface area contributed by atoms with Gasteiger partial charge in [-0.2, -0.15) is 0 Å². The summed E-state index contributed by atoms with van der Waals surface area (Å²) in [7, 11) is 5.67. The van der Waals surface area contributed by atoms with Gasteiger partial charge in [0, 0.05) is 43.3 Å². The molecule has 0 saturated heterocycles. The smallest absolute Gasteiger partial charge is 0.268 e. The SMILES string of the molecule is CN(C)CCC(=O)Cc1ccc2c(c1)OCCc1cc(C(=O)N(C)c3ccccc3Cl)sc1-2. The molecule has 2 aromatic carbocycles. The number of hydrogen-bond acceptors (Lipinski definition) is 5. The van der Waals surface area contributed by atoms with Gasteiger partial charge in [-0.3, -0.25) is 9.59 Å². The number of rotatable bonds is 7. The highest BCUT2D eigenvalue weighted by Crippen LogP contribution is 2.42. The molecule has 1 aliphatic heterocycles. The quantitative estimate of drug-likeness (QED) is 0.456. The van der Waals surface area contributed by atoms with Gasteiger partial charge in [-0.1, -0.05) is 29.8 Å². The molecular weight excluding hydrogens is 456 g/mol. The summed E-state index contributed by atoms with van der Waals surface area (Å²) < 4.78 is 6.02. The highest BCUT2D eigenvalue weighted by molar-refractivity contribution is 7.17. The second-order valence-corrected chi connectivity index (χ2v) is 9.94. The molecule has 0 aliphatic carbocycles. The second kappa shape index (κ2) is 10.1. The molecule has 5 nitrogen and oxygen atoms in total. The maximum atomic E-state index is 13.2. The summed E-state index contributed by atoms with van der Waals surface area (Å²) in [5.74, 6) is 0.892. The maximum absolute atomic E-state index is 13.2. The van der Waals surface area contributed by atoms with Crippen molar-refractivity contribution in [2.24, 2.45) is 0 Å². The third-order valence-electron chi connectivity index (χ3n) is 5.70. The predicted molar refractivity (Wildman–Crippen MR) is 135 cm³/mol. The maximum Gasteiger partial charge on any atom is 0.268 e. The minimum atomic E-state index is -0.0910. The number of halogens is 1. The second-order valence-electron chi connectivity index (χ2n) is 8.48. The minimum Gasteiger partial charge on any atom is -0.493 e. The fourth-order valence-electron chi connectivity index (χ4n) is 3.87. The topological polar surface area (TPSA) is 49.9 Å². The van der Waals surface area contributed by atoms with Crippen LogP contribution in [0.3, 0.4) is 0 Å². The van der Waals surface area contributed by atoms with E-state index in [9.17, 15) is 9.59 Å². The van der Waals surface area contributed by atoms with Gasteiger partial charge in [-0.15, -0.1) is 11.3 Å². The number of benzene rings is 2. The van der Waals surface area contributed by atoms with Crippen molar-refractivity contribution in [3.63, 3.8) is 0 Å². The van der Waals surface area contributed by atoms with Crippen LogP contribution >= 0.6 is 22.9 Å². The molecule has 0 N–H and O–H groups in total. The normalized spacial score (nSPS) is 12.5. The van der Waals surface area contributed by atoms with Gasteiger partial charge in [0.1, 0.15) is 11.5 Å². The number of carbonyl (C=O) groups is 2. The first-order chi connectivity index (χ1) is 15.8. The Kier molecular flexibility index (Phi) is 7.17. The van der Waals surface area contributed by atoms with E-state index in [2.05, 4.69) is 0 Å². The van der Waals surface area contributed by atoms with Gasteiger partial charge in [-0.05, 0) is 55.6 Å². The monoisotopic (exact) mass is 482 g/mol. The van der Waals surface area contributed by atoms with Crippen molar-refractivity contribution in [3.8, 4) is 16.2 Å². The van der Waals surface area contributed by atoms with E-state index in [0.717, 1.165) is 40.3 Å². The van der Waals surface area contributed by atoms with E-state index in [0.29, 0.717) is 35.0 Å². The van der Waals surface area contributed by atoms with Gasteiger partial charge < -0.3 is 14.5 Å². The molecule has 0 bridgehead atoms. The van der Waals surface area contributed by atoms with Crippen molar-refractivity contribution in [2.45, 2.75) is 19.3 Å². The van der Waals surface area contributed by atoms with Gasteiger partial charge in [0.25, 0.3) is 5.91 Å². The number of para-hydroxylation sites is 1. The first kappa shape index (κ1) is 23.5. The molecule has 4 rings (SSSR count). The first-order valence-electron chi connectivity index (χ1n) is 10.9. The predicted octanol–water partition coefficient (Wildman–Crippen LogP) is 5.34. The van der Waals surface area contributed by atoms with Crippen LogP contribution in [0.1, 0.15) is 27.2 Å². The van der Waals surface area contributed by atoms with E-state index in [1.54, 1.807) is 18.0 Å². The molecule has 1 amide bonds. The fraction of sp³-hybridized carbons (Fsp3) is 0.308. The number of fused-ring (bicyclic) bond motifs is 3. The summed E-state index contributed by atoms with van der Waals surface area (Å²) in [5, 5.41) is 0.540. The Morgan fingerprint density at radius 2 is 1.88 bits per heavy atom. The molecule has 7 heteroatoms. The van der Waals surface area contributed by atoms with Gasteiger partial charge in [-0.25, -0.2) is 0 Å². The van der Waals surface area contributed by atoms with Gasteiger partial charge in [0.15, 0.2) is 0 Å². The fourth-order valence-corrected chi connectivity index (χ4v) is 5.34. The number of hydrogen-bond donors (Lipinski definition) is 0. The number of thiophene rings is 1. The zero-order valence-electron chi connectivity index (χ0n) is 19.1. The van der Waals surface area contributed by atoms with Gasteiger partial charge >= 0.3 is 0 Å². The van der Waals surface area contributed by atoms with Gasteiger partial charge in [0.05, 0.1) is 22.2 Å². The number of carbonyl (C=O) groups excluding carboxylic acids is 2. The molecule has 33 heavy (non-hydrogen) atoms. The highest BCUT2D eigenvalue weighted by Gasteiger charge is 2.24. The standard InChI is InChI=1S/C26H27ClN2O3S/c1-28(2)12-10-19(30)14-17-8-9-20-23(15-17)32-13-11-18-16-24(33-25(18)20)26(31)29(3)22-7-5-4-6-21(22)27/h4-9,15-16H,10-14H2,1-3H3. The van der Waals surface area contributed by atoms with Crippen LogP contribution in [0, 0.1) is 0 Å². The minimum absolute atomic E-state index is 0.0910. The van der Waals surface area contributed by atoms with Crippen LogP contribution in [-0.2, 0) is 17.6 Å². The summed E-state index contributed by atoms with van der Waals surface area (Å²) in [6.07, 6.45) is 1.65. The molecule has 0 atom stereocenters. The number of ether oxygens (including phenoxy) is 1. The van der Waals surface area contributed by atoms with E-state index in [4.69, 9.17) is 16.3 Å². The van der Waals surface area contributed by atoms with E-state index in [-0.39, 0.29) is 11.7 Å².